The Balaban J connectivity index is 1.60. The second kappa shape index (κ2) is 9.92. The first-order valence-corrected chi connectivity index (χ1v) is 13.9. The summed E-state index contributed by atoms with van der Waals surface area (Å²) in [5.74, 6) is -0.481. The van der Waals surface area contributed by atoms with Gasteiger partial charge in [-0.1, -0.05) is 18.2 Å². The van der Waals surface area contributed by atoms with Gasteiger partial charge in [-0.05, 0) is 47.5 Å². The third-order valence-corrected chi connectivity index (χ3v) is 9.43. The van der Waals surface area contributed by atoms with Crippen molar-refractivity contribution in [1.29, 1.82) is 0 Å². The fourth-order valence-electron chi connectivity index (χ4n) is 3.71. The molecule has 37 heavy (non-hydrogen) atoms. The number of carbonyl (C=O) groups is 2. The van der Waals surface area contributed by atoms with Gasteiger partial charge in [0.2, 0.25) is 10.0 Å². The van der Waals surface area contributed by atoms with Gasteiger partial charge >= 0.3 is 6.03 Å². The molecule has 0 saturated heterocycles. The van der Waals surface area contributed by atoms with Crippen molar-refractivity contribution in [2.45, 2.75) is 22.9 Å². The number of amides is 3. The highest BCUT2D eigenvalue weighted by Gasteiger charge is 2.40. The Kier molecular flexibility index (Phi) is 7.04. The molecule has 0 bridgehead atoms. The second-order valence-electron chi connectivity index (χ2n) is 8.51. The summed E-state index contributed by atoms with van der Waals surface area (Å²) >= 11 is 0. The molecule has 1 aliphatic heterocycles. The van der Waals surface area contributed by atoms with E-state index >= 15 is 0 Å². The molecule has 0 spiro atoms. The minimum absolute atomic E-state index is 0.0403. The van der Waals surface area contributed by atoms with Crippen LogP contribution in [0.4, 0.5) is 10.5 Å². The second-order valence-corrected chi connectivity index (χ2v) is 12.5. The number of nitrogens with one attached hydrogen (secondary N) is 1. The molecule has 4 rings (SSSR count). The van der Waals surface area contributed by atoms with Crippen molar-refractivity contribution in [3.05, 3.63) is 83.7 Å². The van der Waals surface area contributed by atoms with Gasteiger partial charge in [0.1, 0.15) is 4.90 Å². The molecule has 1 aliphatic rings. The summed E-state index contributed by atoms with van der Waals surface area (Å²) in [5, 5.41) is 2.73. The molecule has 13 heteroatoms. The molecule has 3 aromatic rings. The van der Waals surface area contributed by atoms with Gasteiger partial charge in [-0.15, -0.1) is 0 Å². The normalized spacial score (nSPS) is 15.0. The summed E-state index contributed by atoms with van der Waals surface area (Å²) in [6.07, 6.45) is 3.22. The number of rotatable bonds is 7. The number of fused-ring (bicyclic) bond motifs is 1. The van der Waals surface area contributed by atoms with Gasteiger partial charge < -0.3 is 5.32 Å². The molecule has 0 aliphatic carbocycles. The molecule has 0 fully saturated rings. The van der Waals surface area contributed by atoms with Gasteiger partial charge in [-0.3, -0.25) is 14.7 Å². The van der Waals surface area contributed by atoms with Gasteiger partial charge in [0.25, 0.3) is 15.9 Å². The lowest BCUT2D eigenvalue weighted by atomic mass is 10.1. The van der Waals surface area contributed by atoms with Crippen LogP contribution in [0.5, 0.6) is 0 Å². The van der Waals surface area contributed by atoms with E-state index in [0.29, 0.717) is 9.87 Å². The van der Waals surface area contributed by atoms with E-state index in [-0.39, 0.29) is 34.1 Å². The lowest BCUT2D eigenvalue weighted by Crippen LogP contribution is -2.48. The number of urea groups is 1. The molecule has 1 aromatic heterocycles. The maximum Gasteiger partial charge on any atom is 0.338 e. The van der Waals surface area contributed by atoms with E-state index in [4.69, 9.17) is 0 Å². The third kappa shape index (κ3) is 5.05. The summed E-state index contributed by atoms with van der Waals surface area (Å²) in [6.45, 7) is -0.106. The molecule has 0 unspecified atom stereocenters. The van der Waals surface area contributed by atoms with E-state index in [1.54, 1.807) is 24.5 Å². The molecule has 11 nitrogen and oxygen atoms in total. The van der Waals surface area contributed by atoms with E-state index in [0.717, 1.165) is 9.87 Å². The lowest BCUT2D eigenvalue weighted by molar-refractivity contribution is 0.0950. The highest BCUT2D eigenvalue weighted by atomic mass is 32.2. The number of hydrogen-bond acceptors (Lipinski definition) is 7. The van der Waals surface area contributed by atoms with Gasteiger partial charge in [0.05, 0.1) is 17.1 Å². The average Bonchev–Trinajstić information content (AvgIpc) is 2.89. The van der Waals surface area contributed by atoms with Crippen molar-refractivity contribution in [2.24, 2.45) is 0 Å². The largest absolute Gasteiger partial charge is 0.348 e. The van der Waals surface area contributed by atoms with Crippen molar-refractivity contribution < 1.29 is 26.4 Å². The Morgan fingerprint density at radius 1 is 1.05 bits per heavy atom. The predicted molar refractivity (Wildman–Crippen MR) is 136 cm³/mol. The smallest absolute Gasteiger partial charge is 0.338 e. The number of nitrogens with zero attached hydrogens (tertiary/aromatic N) is 4. The predicted octanol–water partition coefficient (Wildman–Crippen LogP) is 2.02. The summed E-state index contributed by atoms with van der Waals surface area (Å²) in [4.78, 5) is 30.7. The average molecular weight is 544 g/mol. The number of hydrogen-bond donors (Lipinski definition) is 1. The van der Waals surface area contributed by atoms with Gasteiger partial charge in [-0.2, -0.15) is 0 Å². The molecule has 0 radical (unpaired) electrons. The highest BCUT2D eigenvalue weighted by Crippen LogP contribution is 2.35. The van der Waals surface area contributed by atoms with Gasteiger partial charge in [0, 0.05) is 45.6 Å². The molecule has 2 heterocycles. The summed E-state index contributed by atoms with van der Waals surface area (Å²) in [7, 11) is -3.72. The molecular weight excluding hydrogens is 518 g/mol. The third-order valence-electron chi connectivity index (χ3n) is 5.86. The van der Waals surface area contributed by atoms with Crippen molar-refractivity contribution in [3.63, 3.8) is 0 Å². The SMILES string of the molecule is CN1C(=O)N(Cc2ccc(S(=O)(=O)N(C)C)cc2)S(=O)(=O)c2cc(C(=O)NCc3cccnc3)ccc21. The maximum atomic E-state index is 13.5. The zero-order chi connectivity index (χ0) is 27.0. The number of aromatic nitrogens is 1. The Morgan fingerprint density at radius 2 is 1.76 bits per heavy atom. The first-order chi connectivity index (χ1) is 17.4. The minimum atomic E-state index is -4.31. The maximum absolute atomic E-state index is 13.5. The van der Waals surface area contributed by atoms with Gasteiger partial charge in [-0.25, -0.2) is 30.2 Å². The topological polar surface area (TPSA) is 137 Å². The van der Waals surface area contributed by atoms with Crippen LogP contribution in [0.1, 0.15) is 21.5 Å². The monoisotopic (exact) mass is 543 g/mol. The van der Waals surface area contributed by atoms with Crippen LogP contribution in [0.25, 0.3) is 0 Å². The fraction of sp³-hybridized carbons (Fsp3) is 0.208. The van der Waals surface area contributed by atoms with E-state index < -0.39 is 32.0 Å². The zero-order valence-corrected chi connectivity index (χ0v) is 22.0. The van der Waals surface area contributed by atoms with E-state index in [1.165, 1.54) is 68.5 Å². The lowest BCUT2D eigenvalue weighted by Gasteiger charge is -2.34. The number of anilines is 1. The first-order valence-electron chi connectivity index (χ1n) is 11.1. The van der Waals surface area contributed by atoms with Crippen LogP contribution in [0.2, 0.25) is 0 Å². The number of pyridine rings is 1. The number of carbonyl (C=O) groups excluding carboxylic acids is 2. The first kappa shape index (κ1) is 26.3. The molecule has 0 saturated carbocycles. The Labute approximate surface area is 215 Å². The van der Waals surface area contributed by atoms with Crippen LogP contribution in [0.3, 0.4) is 0 Å². The van der Waals surface area contributed by atoms with Crippen LogP contribution < -0.4 is 10.2 Å². The zero-order valence-electron chi connectivity index (χ0n) is 20.3. The summed E-state index contributed by atoms with van der Waals surface area (Å²) in [5.41, 5.74) is 1.46. The van der Waals surface area contributed by atoms with E-state index in [9.17, 15) is 26.4 Å². The Bertz CT molecular complexity index is 1560. The van der Waals surface area contributed by atoms with E-state index in [2.05, 4.69) is 10.3 Å². The van der Waals surface area contributed by atoms with Gasteiger partial charge in [0.15, 0.2) is 0 Å². The van der Waals surface area contributed by atoms with Crippen LogP contribution in [0, 0.1) is 0 Å². The van der Waals surface area contributed by atoms with Crippen molar-refractivity contribution in [3.8, 4) is 0 Å². The summed E-state index contributed by atoms with van der Waals surface area (Å²) in [6, 6.07) is 12.5. The van der Waals surface area contributed by atoms with E-state index in [1.807, 2.05) is 0 Å². The number of sulfonamides is 2. The quantitative estimate of drug-likeness (QED) is 0.481. The molecule has 3 amide bonds. The Hall–Kier alpha value is -3.81. The van der Waals surface area contributed by atoms with Crippen LogP contribution >= 0.6 is 0 Å². The Morgan fingerprint density at radius 3 is 2.38 bits per heavy atom. The van der Waals surface area contributed by atoms with Crippen molar-refractivity contribution >= 4 is 37.7 Å². The summed E-state index contributed by atoms with van der Waals surface area (Å²) < 4.78 is 53.3. The molecule has 2 aromatic carbocycles. The minimum Gasteiger partial charge on any atom is -0.348 e. The molecule has 194 valence electrons. The highest BCUT2D eigenvalue weighted by molar-refractivity contribution is 7.90. The van der Waals surface area contributed by atoms with Crippen molar-refractivity contribution in [1.82, 2.24) is 18.9 Å². The van der Waals surface area contributed by atoms with Crippen LogP contribution in [0.15, 0.2) is 76.8 Å². The fourth-order valence-corrected chi connectivity index (χ4v) is 6.25. The van der Waals surface area contributed by atoms with Crippen molar-refractivity contribution in [2.75, 3.05) is 26.0 Å². The standard InChI is InChI=1S/C24H25N5O6S2/c1-27(2)36(32,33)20-9-6-17(7-10-20)16-29-24(31)28(3)21-11-8-19(13-22(21)37(29,34)35)23(30)26-15-18-5-4-12-25-14-18/h4-14H,15-16H2,1-3H3,(H,26,30). The molecule has 1 N–H and O–H groups in total. The van der Waals surface area contributed by atoms with Crippen LogP contribution in [-0.4, -0.2) is 63.5 Å². The molecular formula is C24H25N5O6S2. The molecule has 0 atom stereocenters. The number of benzene rings is 2. The van der Waals surface area contributed by atoms with Crippen LogP contribution in [-0.2, 0) is 33.1 Å².